The molecule has 2 N–H and O–H groups in total. The number of hydrogen-bond donors (Lipinski definition) is 2. The van der Waals surface area contributed by atoms with Crippen molar-refractivity contribution in [1.29, 1.82) is 0 Å². The fraction of sp³-hybridized carbons (Fsp3) is 0.538. The molecular formula is C13H18N2O5S2. The number of piperidine rings is 1. The van der Waals surface area contributed by atoms with Gasteiger partial charge in [0, 0.05) is 19.1 Å². The van der Waals surface area contributed by atoms with E-state index in [1.165, 1.54) is 16.4 Å². The molecule has 0 atom stereocenters. The lowest BCUT2D eigenvalue weighted by molar-refractivity contribution is 0.0702. The van der Waals surface area contributed by atoms with Crippen LogP contribution < -0.4 is 5.32 Å². The first-order valence-electron chi connectivity index (χ1n) is 6.95. The van der Waals surface area contributed by atoms with Gasteiger partial charge < -0.3 is 10.4 Å². The summed E-state index contributed by atoms with van der Waals surface area (Å²) in [5, 5.41) is 11.7. The van der Waals surface area contributed by atoms with Crippen molar-refractivity contribution in [3.8, 4) is 0 Å². The molecule has 1 fully saturated rings. The maximum Gasteiger partial charge on any atom is 0.345 e. The number of nitrogens with zero attached hydrogens (tertiary/aromatic N) is 1. The van der Waals surface area contributed by atoms with Crippen LogP contribution in [0.15, 0.2) is 12.1 Å². The number of rotatable bonds is 5. The molecule has 1 aliphatic rings. The number of hydrogen-bond acceptors (Lipinski definition) is 5. The number of aromatic carboxylic acids is 1. The zero-order valence-electron chi connectivity index (χ0n) is 12.1. The Morgan fingerprint density at radius 3 is 2.41 bits per heavy atom. The highest BCUT2D eigenvalue weighted by Gasteiger charge is 2.27. The second-order valence-electron chi connectivity index (χ2n) is 5.02. The lowest BCUT2D eigenvalue weighted by Gasteiger charge is -2.31. The summed E-state index contributed by atoms with van der Waals surface area (Å²) in [6.07, 6.45) is 1.12. The van der Waals surface area contributed by atoms with Crippen LogP contribution in [-0.2, 0) is 10.0 Å². The number of carbonyl (C=O) groups excluding carboxylic acids is 1. The second kappa shape index (κ2) is 6.76. The summed E-state index contributed by atoms with van der Waals surface area (Å²) in [5.41, 5.74) is 0. The van der Waals surface area contributed by atoms with Gasteiger partial charge in [-0.15, -0.1) is 11.3 Å². The highest BCUT2D eigenvalue weighted by molar-refractivity contribution is 7.89. The molecule has 1 saturated heterocycles. The number of amides is 1. The SMILES string of the molecule is CCS(=O)(=O)N1CCC(NC(=O)c2ccc(C(=O)O)s2)CC1. The van der Waals surface area contributed by atoms with E-state index in [1.807, 2.05) is 0 Å². The van der Waals surface area contributed by atoms with Gasteiger partial charge in [-0.1, -0.05) is 0 Å². The molecule has 0 radical (unpaired) electrons. The van der Waals surface area contributed by atoms with Gasteiger partial charge >= 0.3 is 5.97 Å². The van der Waals surface area contributed by atoms with Crippen LogP contribution in [0, 0.1) is 0 Å². The Morgan fingerprint density at radius 1 is 1.32 bits per heavy atom. The van der Waals surface area contributed by atoms with E-state index in [1.54, 1.807) is 6.92 Å². The van der Waals surface area contributed by atoms with Gasteiger partial charge in [0.05, 0.1) is 10.6 Å². The third-order valence-electron chi connectivity index (χ3n) is 3.59. The predicted molar refractivity (Wildman–Crippen MR) is 82.8 cm³/mol. The molecule has 1 aliphatic heterocycles. The molecule has 0 bridgehead atoms. The Bertz CT molecular complexity index is 660. The molecule has 1 aromatic heterocycles. The first-order chi connectivity index (χ1) is 10.3. The molecule has 122 valence electrons. The number of carboxylic acid groups (broad SMARTS) is 1. The Kier molecular flexibility index (Phi) is 5.20. The highest BCUT2D eigenvalue weighted by atomic mass is 32.2. The highest BCUT2D eigenvalue weighted by Crippen LogP contribution is 2.18. The molecule has 0 spiro atoms. The van der Waals surface area contributed by atoms with E-state index >= 15 is 0 Å². The van der Waals surface area contributed by atoms with Crippen molar-refractivity contribution >= 4 is 33.2 Å². The molecule has 0 aliphatic carbocycles. The molecule has 2 rings (SSSR count). The van der Waals surface area contributed by atoms with Crippen LogP contribution in [0.25, 0.3) is 0 Å². The summed E-state index contributed by atoms with van der Waals surface area (Å²) in [5.74, 6) is -1.28. The number of carboxylic acids is 1. The molecule has 7 nitrogen and oxygen atoms in total. The fourth-order valence-corrected chi connectivity index (χ4v) is 4.17. The fourth-order valence-electron chi connectivity index (χ4n) is 2.29. The lowest BCUT2D eigenvalue weighted by Crippen LogP contribution is -2.46. The standard InChI is InChI=1S/C13H18N2O5S2/c1-2-22(19,20)15-7-5-9(6-8-15)14-12(16)10-3-4-11(21-10)13(17)18/h3-4,9H,2,5-8H2,1H3,(H,14,16)(H,17,18). The van der Waals surface area contributed by atoms with E-state index in [2.05, 4.69) is 5.32 Å². The topological polar surface area (TPSA) is 104 Å². The van der Waals surface area contributed by atoms with Crippen LogP contribution in [0.4, 0.5) is 0 Å². The first kappa shape index (κ1) is 16.9. The summed E-state index contributed by atoms with van der Waals surface area (Å²) in [6.45, 7) is 2.40. The second-order valence-corrected chi connectivity index (χ2v) is 8.36. The summed E-state index contributed by atoms with van der Waals surface area (Å²) in [4.78, 5) is 23.3. The van der Waals surface area contributed by atoms with E-state index in [9.17, 15) is 18.0 Å². The Balaban J connectivity index is 1.90. The summed E-state index contributed by atoms with van der Waals surface area (Å²) in [7, 11) is -3.17. The number of nitrogens with one attached hydrogen (secondary N) is 1. The average molecular weight is 346 g/mol. The Hall–Kier alpha value is -1.45. The molecule has 22 heavy (non-hydrogen) atoms. The van der Waals surface area contributed by atoms with Gasteiger partial charge in [0.25, 0.3) is 5.91 Å². The molecule has 0 saturated carbocycles. The van der Waals surface area contributed by atoms with Gasteiger partial charge in [-0.2, -0.15) is 0 Å². The van der Waals surface area contributed by atoms with Crippen molar-refractivity contribution < 1.29 is 23.1 Å². The molecule has 1 amide bonds. The van der Waals surface area contributed by atoms with Gasteiger partial charge in [0.15, 0.2) is 0 Å². The van der Waals surface area contributed by atoms with Crippen LogP contribution >= 0.6 is 11.3 Å². The van der Waals surface area contributed by atoms with Gasteiger partial charge in [-0.3, -0.25) is 4.79 Å². The van der Waals surface area contributed by atoms with Crippen molar-refractivity contribution in [1.82, 2.24) is 9.62 Å². The number of sulfonamides is 1. The van der Waals surface area contributed by atoms with E-state index in [0.29, 0.717) is 30.8 Å². The van der Waals surface area contributed by atoms with Gasteiger partial charge in [-0.05, 0) is 31.9 Å². The molecular weight excluding hydrogens is 328 g/mol. The van der Waals surface area contributed by atoms with E-state index < -0.39 is 16.0 Å². The minimum Gasteiger partial charge on any atom is -0.477 e. The summed E-state index contributed by atoms with van der Waals surface area (Å²) in [6, 6.07) is 2.80. The van der Waals surface area contributed by atoms with Crippen molar-refractivity contribution in [2.24, 2.45) is 0 Å². The van der Waals surface area contributed by atoms with Gasteiger partial charge in [-0.25, -0.2) is 17.5 Å². The van der Waals surface area contributed by atoms with E-state index in [-0.39, 0.29) is 22.6 Å². The Labute approximate surface area is 133 Å². The monoisotopic (exact) mass is 346 g/mol. The predicted octanol–water partition coefficient (Wildman–Crippen LogP) is 0.990. The van der Waals surface area contributed by atoms with Crippen molar-refractivity contribution in [3.63, 3.8) is 0 Å². The zero-order chi connectivity index (χ0) is 16.3. The van der Waals surface area contributed by atoms with Crippen LogP contribution in [0.3, 0.4) is 0 Å². The molecule has 9 heteroatoms. The minimum absolute atomic E-state index is 0.0805. The first-order valence-corrected chi connectivity index (χ1v) is 9.38. The van der Waals surface area contributed by atoms with Crippen LogP contribution in [0.2, 0.25) is 0 Å². The van der Waals surface area contributed by atoms with Gasteiger partial charge in [0.2, 0.25) is 10.0 Å². The third kappa shape index (κ3) is 3.84. The third-order valence-corrected chi connectivity index (χ3v) is 6.54. The van der Waals surface area contributed by atoms with Crippen molar-refractivity contribution in [2.45, 2.75) is 25.8 Å². The van der Waals surface area contributed by atoms with Gasteiger partial charge in [0.1, 0.15) is 4.88 Å². The molecule has 2 heterocycles. The van der Waals surface area contributed by atoms with E-state index in [0.717, 1.165) is 11.3 Å². The van der Waals surface area contributed by atoms with E-state index in [4.69, 9.17) is 5.11 Å². The smallest absolute Gasteiger partial charge is 0.345 e. The molecule has 1 aromatic rings. The van der Waals surface area contributed by atoms with Crippen molar-refractivity contribution in [3.05, 3.63) is 21.9 Å². The number of carbonyl (C=O) groups is 2. The maximum absolute atomic E-state index is 12.1. The van der Waals surface area contributed by atoms with Crippen LogP contribution in [0.1, 0.15) is 39.1 Å². The summed E-state index contributed by atoms with van der Waals surface area (Å²) >= 11 is 0.928. The minimum atomic E-state index is -3.17. The zero-order valence-corrected chi connectivity index (χ0v) is 13.7. The molecule has 0 unspecified atom stereocenters. The quantitative estimate of drug-likeness (QED) is 0.827. The molecule has 0 aromatic carbocycles. The average Bonchev–Trinajstić information content (AvgIpc) is 2.98. The lowest BCUT2D eigenvalue weighted by atomic mass is 10.1. The number of thiophene rings is 1. The normalized spacial score (nSPS) is 17.3. The van der Waals surface area contributed by atoms with Crippen molar-refractivity contribution in [2.75, 3.05) is 18.8 Å². The van der Waals surface area contributed by atoms with Crippen LogP contribution in [-0.4, -0.2) is 54.6 Å². The van der Waals surface area contributed by atoms with Crippen LogP contribution in [0.5, 0.6) is 0 Å². The summed E-state index contributed by atoms with van der Waals surface area (Å²) < 4.78 is 25.0. The largest absolute Gasteiger partial charge is 0.477 e. The maximum atomic E-state index is 12.1. The Morgan fingerprint density at radius 2 is 1.91 bits per heavy atom.